The SMILES string of the molecule is CS(=O)(=O)Nc1ccc(C(=O)NCc2nc(-c3ccccc3Cl)no2)cc1. The molecule has 0 aliphatic carbocycles. The molecule has 3 rings (SSSR count). The molecule has 1 amide bonds. The summed E-state index contributed by atoms with van der Waals surface area (Å²) in [4.78, 5) is 16.4. The summed E-state index contributed by atoms with van der Waals surface area (Å²) in [7, 11) is -3.37. The van der Waals surface area contributed by atoms with E-state index in [0.717, 1.165) is 6.26 Å². The third-order valence-electron chi connectivity index (χ3n) is 3.43. The zero-order chi connectivity index (χ0) is 19.4. The van der Waals surface area contributed by atoms with Crippen LogP contribution in [0.1, 0.15) is 16.2 Å². The summed E-state index contributed by atoms with van der Waals surface area (Å²) in [6.45, 7) is 0.0413. The molecule has 1 aromatic heterocycles. The minimum Gasteiger partial charge on any atom is -0.343 e. The van der Waals surface area contributed by atoms with Crippen molar-refractivity contribution in [3.05, 3.63) is 65.0 Å². The lowest BCUT2D eigenvalue weighted by molar-refractivity contribution is 0.0946. The van der Waals surface area contributed by atoms with Crippen molar-refractivity contribution in [3.8, 4) is 11.4 Å². The Morgan fingerprint density at radius 2 is 1.85 bits per heavy atom. The number of halogens is 1. The number of hydrogen-bond donors (Lipinski definition) is 2. The fourth-order valence-corrected chi connectivity index (χ4v) is 3.02. The number of benzene rings is 2. The number of anilines is 1. The summed E-state index contributed by atoms with van der Waals surface area (Å²) in [5.74, 6) is 0.202. The van der Waals surface area contributed by atoms with E-state index in [2.05, 4.69) is 20.2 Å². The van der Waals surface area contributed by atoms with E-state index in [1.165, 1.54) is 24.3 Å². The second-order valence-electron chi connectivity index (χ2n) is 5.63. The van der Waals surface area contributed by atoms with E-state index in [1.54, 1.807) is 24.3 Å². The van der Waals surface area contributed by atoms with Crippen LogP contribution in [0.2, 0.25) is 5.02 Å². The molecule has 27 heavy (non-hydrogen) atoms. The van der Waals surface area contributed by atoms with Gasteiger partial charge in [0.25, 0.3) is 5.91 Å². The molecule has 8 nitrogen and oxygen atoms in total. The van der Waals surface area contributed by atoms with E-state index in [1.807, 2.05) is 0 Å². The zero-order valence-corrected chi connectivity index (χ0v) is 15.7. The van der Waals surface area contributed by atoms with Crippen molar-refractivity contribution in [2.45, 2.75) is 6.54 Å². The summed E-state index contributed by atoms with van der Waals surface area (Å²) >= 11 is 6.09. The Kier molecular flexibility index (Phi) is 5.43. The molecule has 0 saturated carbocycles. The van der Waals surface area contributed by atoms with Crippen LogP contribution >= 0.6 is 11.6 Å². The van der Waals surface area contributed by atoms with Crippen LogP contribution in [0.25, 0.3) is 11.4 Å². The van der Waals surface area contributed by atoms with Crippen LogP contribution in [-0.4, -0.2) is 30.7 Å². The molecule has 0 atom stereocenters. The van der Waals surface area contributed by atoms with Crippen molar-refractivity contribution in [3.63, 3.8) is 0 Å². The predicted octanol–water partition coefficient (Wildman–Crippen LogP) is 2.69. The molecule has 0 radical (unpaired) electrons. The van der Waals surface area contributed by atoms with Gasteiger partial charge in [-0.1, -0.05) is 28.9 Å². The summed E-state index contributed by atoms with van der Waals surface area (Å²) in [6.07, 6.45) is 1.05. The number of rotatable bonds is 6. The van der Waals surface area contributed by atoms with Crippen molar-refractivity contribution in [1.82, 2.24) is 15.5 Å². The Morgan fingerprint density at radius 1 is 1.15 bits per heavy atom. The van der Waals surface area contributed by atoms with Gasteiger partial charge < -0.3 is 9.84 Å². The first-order chi connectivity index (χ1) is 12.8. The molecular weight excluding hydrogens is 392 g/mol. The normalized spacial score (nSPS) is 11.2. The number of nitrogens with zero attached hydrogens (tertiary/aromatic N) is 2. The lowest BCUT2D eigenvalue weighted by atomic mass is 10.2. The Bertz CT molecular complexity index is 1060. The van der Waals surface area contributed by atoms with Gasteiger partial charge in [0, 0.05) is 16.8 Å². The highest BCUT2D eigenvalue weighted by Gasteiger charge is 2.13. The molecule has 140 valence electrons. The van der Waals surface area contributed by atoms with Gasteiger partial charge in [0.1, 0.15) is 0 Å². The first kappa shape index (κ1) is 18.9. The average Bonchev–Trinajstić information content (AvgIpc) is 3.08. The van der Waals surface area contributed by atoms with Crippen LogP contribution in [0.15, 0.2) is 53.1 Å². The molecule has 0 aliphatic rings. The van der Waals surface area contributed by atoms with Crippen LogP contribution in [0.5, 0.6) is 0 Å². The molecule has 3 aromatic rings. The van der Waals surface area contributed by atoms with E-state index < -0.39 is 10.0 Å². The highest BCUT2D eigenvalue weighted by Crippen LogP contribution is 2.24. The number of carbonyl (C=O) groups excluding carboxylic acids is 1. The highest BCUT2D eigenvalue weighted by molar-refractivity contribution is 7.92. The highest BCUT2D eigenvalue weighted by atomic mass is 35.5. The van der Waals surface area contributed by atoms with Gasteiger partial charge in [-0.05, 0) is 36.4 Å². The Balaban J connectivity index is 1.62. The van der Waals surface area contributed by atoms with Crippen molar-refractivity contribution < 1.29 is 17.7 Å². The maximum absolute atomic E-state index is 12.2. The van der Waals surface area contributed by atoms with Crippen LogP contribution < -0.4 is 10.0 Å². The predicted molar refractivity (Wildman–Crippen MR) is 101 cm³/mol. The van der Waals surface area contributed by atoms with E-state index in [-0.39, 0.29) is 18.3 Å². The van der Waals surface area contributed by atoms with E-state index in [0.29, 0.717) is 27.7 Å². The number of nitrogens with one attached hydrogen (secondary N) is 2. The van der Waals surface area contributed by atoms with Gasteiger partial charge in [-0.15, -0.1) is 0 Å². The lowest BCUT2D eigenvalue weighted by Crippen LogP contribution is -2.23. The van der Waals surface area contributed by atoms with Gasteiger partial charge in [0.15, 0.2) is 0 Å². The number of amides is 1. The number of carbonyl (C=O) groups is 1. The Hall–Kier alpha value is -2.91. The van der Waals surface area contributed by atoms with Crippen molar-refractivity contribution >= 4 is 33.2 Å². The molecule has 0 unspecified atom stereocenters. The summed E-state index contributed by atoms with van der Waals surface area (Å²) in [5, 5.41) is 7.01. The minimum atomic E-state index is -3.37. The summed E-state index contributed by atoms with van der Waals surface area (Å²) in [5.41, 5.74) is 1.37. The van der Waals surface area contributed by atoms with Gasteiger partial charge in [-0.2, -0.15) is 4.98 Å². The van der Waals surface area contributed by atoms with Crippen LogP contribution in [-0.2, 0) is 16.6 Å². The maximum Gasteiger partial charge on any atom is 0.251 e. The standard InChI is InChI=1S/C17H15ClN4O4S/c1-27(24,25)22-12-8-6-11(7-9-12)17(23)19-10-15-20-16(21-26-15)13-4-2-3-5-14(13)18/h2-9,22H,10H2,1H3,(H,19,23). The number of aromatic nitrogens is 2. The molecule has 10 heteroatoms. The maximum atomic E-state index is 12.2. The lowest BCUT2D eigenvalue weighted by Gasteiger charge is -2.05. The molecule has 0 aliphatic heterocycles. The van der Waals surface area contributed by atoms with Gasteiger partial charge in [0.05, 0.1) is 17.8 Å². The average molecular weight is 407 g/mol. The second kappa shape index (κ2) is 7.77. The first-order valence-electron chi connectivity index (χ1n) is 7.75. The van der Waals surface area contributed by atoms with E-state index >= 15 is 0 Å². The molecule has 2 N–H and O–H groups in total. The van der Waals surface area contributed by atoms with Crippen LogP contribution in [0.4, 0.5) is 5.69 Å². The fourth-order valence-electron chi connectivity index (χ4n) is 2.24. The molecule has 0 fully saturated rings. The van der Waals surface area contributed by atoms with Gasteiger partial charge in [0.2, 0.25) is 21.7 Å². The molecule has 0 bridgehead atoms. The van der Waals surface area contributed by atoms with Gasteiger partial charge >= 0.3 is 0 Å². The first-order valence-corrected chi connectivity index (χ1v) is 10.0. The number of hydrogen-bond acceptors (Lipinski definition) is 6. The van der Waals surface area contributed by atoms with Gasteiger partial charge in [-0.25, -0.2) is 8.42 Å². The largest absolute Gasteiger partial charge is 0.343 e. The van der Waals surface area contributed by atoms with Crippen molar-refractivity contribution in [2.24, 2.45) is 0 Å². The van der Waals surface area contributed by atoms with Crippen molar-refractivity contribution in [2.75, 3.05) is 11.0 Å². The van der Waals surface area contributed by atoms with Crippen LogP contribution in [0, 0.1) is 0 Å². The fraction of sp³-hybridized carbons (Fsp3) is 0.118. The van der Waals surface area contributed by atoms with Crippen LogP contribution in [0.3, 0.4) is 0 Å². The molecule has 2 aromatic carbocycles. The monoisotopic (exact) mass is 406 g/mol. The number of sulfonamides is 1. The molecular formula is C17H15ClN4O4S. The molecule has 0 saturated heterocycles. The summed E-state index contributed by atoms with van der Waals surface area (Å²) < 4.78 is 29.8. The summed E-state index contributed by atoms with van der Waals surface area (Å²) in [6, 6.07) is 13.1. The minimum absolute atomic E-state index is 0.0413. The van der Waals surface area contributed by atoms with Gasteiger partial charge in [-0.3, -0.25) is 9.52 Å². The Labute approximate surface area is 160 Å². The molecule has 1 heterocycles. The second-order valence-corrected chi connectivity index (χ2v) is 7.78. The molecule has 0 spiro atoms. The smallest absolute Gasteiger partial charge is 0.251 e. The quantitative estimate of drug-likeness (QED) is 0.650. The zero-order valence-electron chi connectivity index (χ0n) is 14.1. The van der Waals surface area contributed by atoms with E-state index in [4.69, 9.17) is 16.1 Å². The third kappa shape index (κ3) is 5.05. The third-order valence-corrected chi connectivity index (χ3v) is 4.37. The Morgan fingerprint density at radius 3 is 2.52 bits per heavy atom. The van der Waals surface area contributed by atoms with Crippen molar-refractivity contribution in [1.29, 1.82) is 0 Å². The van der Waals surface area contributed by atoms with E-state index in [9.17, 15) is 13.2 Å². The topological polar surface area (TPSA) is 114 Å².